The second kappa shape index (κ2) is 13.2. The number of nitrogens with two attached hydrogens (primary N) is 1. The van der Waals surface area contributed by atoms with Crippen LogP contribution in [0.5, 0.6) is 0 Å². The molecule has 27 heavy (non-hydrogen) atoms. The molecule has 0 atom stereocenters. The van der Waals surface area contributed by atoms with Crippen LogP contribution in [0.1, 0.15) is 11.1 Å². The lowest BCUT2D eigenvalue weighted by Crippen LogP contribution is -2.34. The van der Waals surface area contributed by atoms with Crippen LogP contribution in [0.25, 0.3) is 0 Å². The molecule has 0 bridgehead atoms. The molecule has 5 N–H and O–H groups in total. The molecule has 0 spiro atoms. The van der Waals surface area contributed by atoms with Crippen LogP contribution in [-0.4, -0.2) is 40.1 Å². The first kappa shape index (κ1) is 22.0. The standard InChI is InChI=1S/C16H21N3.C4H4O4/c17-18-11-12-19(13-15-7-3-1-4-8-15)14-16-9-5-2-6-10-16;5-3(6)1-2-4(7)8/h1-10,18H,11-14,17H2;1-2H,(H,5,6)(H,7,8)/b;2-1-. The van der Waals surface area contributed by atoms with Crippen molar-refractivity contribution in [2.45, 2.75) is 13.1 Å². The molecule has 7 heteroatoms. The predicted molar refractivity (Wildman–Crippen MR) is 104 cm³/mol. The first-order valence-electron chi connectivity index (χ1n) is 8.39. The molecule has 144 valence electrons. The van der Waals surface area contributed by atoms with Gasteiger partial charge in [-0.2, -0.15) is 0 Å². The van der Waals surface area contributed by atoms with Crippen molar-refractivity contribution in [2.24, 2.45) is 5.84 Å². The van der Waals surface area contributed by atoms with E-state index in [-0.39, 0.29) is 0 Å². The minimum absolute atomic E-state index is 0.558. The van der Waals surface area contributed by atoms with E-state index in [1.807, 2.05) is 12.1 Å². The number of aliphatic carboxylic acids is 2. The molecule has 2 aromatic rings. The highest BCUT2D eigenvalue weighted by Gasteiger charge is 2.06. The molecule has 0 aliphatic heterocycles. The van der Waals surface area contributed by atoms with Gasteiger partial charge in [0.1, 0.15) is 0 Å². The quantitative estimate of drug-likeness (QED) is 0.302. The first-order chi connectivity index (χ1) is 13.0. The summed E-state index contributed by atoms with van der Waals surface area (Å²) >= 11 is 0. The molecule has 2 rings (SSSR count). The third-order valence-electron chi connectivity index (χ3n) is 3.44. The molecule has 0 aliphatic rings. The average Bonchev–Trinajstić information content (AvgIpc) is 2.66. The Morgan fingerprint density at radius 2 is 1.26 bits per heavy atom. The zero-order valence-electron chi connectivity index (χ0n) is 15.0. The van der Waals surface area contributed by atoms with Crippen LogP contribution in [0, 0.1) is 0 Å². The van der Waals surface area contributed by atoms with Crippen LogP contribution < -0.4 is 11.3 Å². The van der Waals surface area contributed by atoms with E-state index in [2.05, 4.69) is 58.9 Å². The summed E-state index contributed by atoms with van der Waals surface area (Å²) in [4.78, 5) is 21.5. The summed E-state index contributed by atoms with van der Waals surface area (Å²) in [6, 6.07) is 21.1. The molecule has 0 radical (unpaired) electrons. The molecule has 2 aromatic carbocycles. The lowest BCUT2D eigenvalue weighted by molar-refractivity contribution is -0.134. The molecule has 7 nitrogen and oxygen atoms in total. The summed E-state index contributed by atoms with van der Waals surface area (Å²) in [5, 5.41) is 15.6. The maximum atomic E-state index is 9.55. The summed E-state index contributed by atoms with van der Waals surface area (Å²) in [6.45, 7) is 3.61. The van der Waals surface area contributed by atoms with Crippen molar-refractivity contribution < 1.29 is 19.8 Å². The minimum Gasteiger partial charge on any atom is -0.478 e. The van der Waals surface area contributed by atoms with E-state index in [0.717, 1.165) is 26.2 Å². The highest BCUT2D eigenvalue weighted by atomic mass is 16.4. The summed E-state index contributed by atoms with van der Waals surface area (Å²) in [7, 11) is 0. The van der Waals surface area contributed by atoms with E-state index in [1.165, 1.54) is 11.1 Å². The Morgan fingerprint density at radius 3 is 1.59 bits per heavy atom. The Bertz CT molecular complexity index is 648. The highest BCUT2D eigenvalue weighted by Crippen LogP contribution is 2.09. The summed E-state index contributed by atoms with van der Waals surface area (Å²) in [6.07, 6.45) is 1.12. The van der Waals surface area contributed by atoms with Gasteiger partial charge in [-0.15, -0.1) is 0 Å². The largest absolute Gasteiger partial charge is 0.478 e. The number of hydrogen-bond acceptors (Lipinski definition) is 5. The minimum atomic E-state index is -1.26. The fraction of sp³-hybridized carbons (Fsp3) is 0.200. The zero-order valence-corrected chi connectivity index (χ0v) is 15.0. The Labute approximate surface area is 158 Å². The predicted octanol–water partition coefficient (Wildman–Crippen LogP) is 1.86. The summed E-state index contributed by atoms with van der Waals surface area (Å²) in [5.74, 6) is 2.87. The van der Waals surface area contributed by atoms with Gasteiger partial charge in [0.2, 0.25) is 0 Å². The molecular weight excluding hydrogens is 346 g/mol. The summed E-state index contributed by atoms with van der Waals surface area (Å²) in [5.41, 5.74) is 5.39. The van der Waals surface area contributed by atoms with Crippen LogP contribution >= 0.6 is 0 Å². The number of carboxylic acid groups (broad SMARTS) is 2. The molecule has 0 aliphatic carbocycles. The van der Waals surface area contributed by atoms with Crippen LogP contribution in [0.3, 0.4) is 0 Å². The molecule has 0 saturated carbocycles. The number of nitrogens with one attached hydrogen (secondary N) is 1. The number of benzene rings is 2. The van der Waals surface area contributed by atoms with Gasteiger partial charge in [0.25, 0.3) is 0 Å². The van der Waals surface area contributed by atoms with E-state index in [0.29, 0.717) is 12.2 Å². The molecule has 0 heterocycles. The maximum absolute atomic E-state index is 9.55. The lowest BCUT2D eigenvalue weighted by atomic mass is 10.1. The number of hydrazine groups is 1. The molecule has 0 aromatic heterocycles. The molecule has 0 unspecified atom stereocenters. The Balaban J connectivity index is 0.000000387. The summed E-state index contributed by atoms with van der Waals surface area (Å²) < 4.78 is 0. The van der Waals surface area contributed by atoms with Gasteiger partial charge in [-0.3, -0.25) is 16.2 Å². The van der Waals surface area contributed by atoms with Crippen molar-refractivity contribution in [1.29, 1.82) is 0 Å². The second-order valence-electron chi connectivity index (χ2n) is 5.65. The molecule has 0 saturated heterocycles. The fourth-order valence-corrected chi connectivity index (χ4v) is 2.26. The van der Waals surface area contributed by atoms with E-state index in [4.69, 9.17) is 16.1 Å². The lowest BCUT2D eigenvalue weighted by Gasteiger charge is -2.22. The SMILES string of the molecule is NNCCN(Cc1ccccc1)Cc1ccccc1.O=C(O)/C=C\C(=O)O. The van der Waals surface area contributed by atoms with Gasteiger partial charge in [0.15, 0.2) is 0 Å². The molecular formula is C20H25N3O4. The maximum Gasteiger partial charge on any atom is 0.328 e. The van der Waals surface area contributed by atoms with Crippen molar-refractivity contribution in [3.63, 3.8) is 0 Å². The van der Waals surface area contributed by atoms with Gasteiger partial charge >= 0.3 is 11.9 Å². The van der Waals surface area contributed by atoms with Crippen molar-refractivity contribution in [1.82, 2.24) is 10.3 Å². The van der Waals surface area contributed by atoms with Crippen LogP contribution in [0.4, 0.5) is 0 Å². The average molecular weight is 371 g/mol. The van der Waals surface area contributed by atoms with Crippen molar-refractivity contribution in [3.05, 3.63) is 83.9 Å². The number of nitrogens with zero attached hydrogens (tertiary/aromatic N) is 1. The van der Waals surface area contributed by atoms with Crippen molar-refractivity contribution in [3.8, 4) is 0 Å². The molecule has 0 fully saturated rings. The van der Waals surface area contributed by atoms with E-state index < -0.39 is 11.9 Å². The third kappa shape index (κ3) is 11.3. The van der Waals surface area contributed by atoms with E-state index in [9.17, 15) is 9.59 Å². The van der Waals surface area contributed by atoms with Gasteiger partial charge in [-0.1, -0.05) is 60.7 Å². The van der Waals surface area contributed by atoms with E-state index >= 15 is 0 Å². The van der Waals surface area contributed by atoms with Gasteiger partial charge in [-0.25, -0.2) is 9.59 Å². The van der Waals surface area contributed by atoms with Crippen LogP contribution in [0.2, 0.25) is 0 Å². The first-order valence-corrected chi connectivity index (χ1v) is 8.39. The normalized spacial score (nSPS) is 10.4. The Hall–Kier alpha value is -3.00. The molecule has 0 amide bonds. The monoisotopic (exact) mass is 371 g/mol. The number of hydrogen-bond donors (Lipinski definition) is 4. The smallest absolute Gasteiger partial charge is 0.328 e. The van der Waals surface area contributed by atoms with Crippen molar-refractivity contribution >= 4 is 11.9 Å². The van der Waals surface area contributed by atoms with Crippen molar-refractivity contribution in [2.75, 3.05) is 13.1 Å². The second-order valence-corrected chi connectivity index (χ2v) is 5.65. The third-order valence-corrected chi connectivity index (χ3v) is 3.44. The van der Waals surface area contributed by atoms with E-state index in [1.54, 1.807) is 0 Å². The zero-order chi connectivity index (χ0) is 19.9. The van der Waals surface area contributed by atoms with Gasteiger partial charge in [0, 0.05) is 38.3 Å². The number of carboxylic acids is 2. The topological polar surface area (TPSA) is 116 Å². The van der Waals surface area contributed by atoms with Gasteiger partial charge < -0.3 is 10.2 Å². The number of rotatable bonds is 9. The van der Waals surface area contributed by atoms with Crippen LogP contribution in [0.15, 0.2) is 72.8 Å². The van der Waals surface area contributed by atoms with Gasteiger partial charge in [-0.05, 0) is 11.1 Å². The Morgan fingerprint density at radius 1 is 0.852 bits per heavy atom. The van der Waals surface area contributed by atoms with Crippen LogP contribution in [-0.2, 0) is 22.7 Å². The fourth-order valence-electron chi connectivity index (χ4n) is 2.26. The Kier molecular flexibility index (Phi) is 10.8. The van der Waals surface area contributed by atoms with Gasteiger partial charge in [0.05, 0.1) is 0 Å². The highest BCUT2D eigenvalue weighted by molar-refractivity contribution is 5.89. The number of carbonyl (C=O) groups is 2.